The van der Waals surface area contributed by atoms with E-state index >= 15 is 0 Å². The summed E-state index contributed by atoms with van der Waals surface area (Å²) in [7, 11) is 0. The monoisotopic (exact) mass is 431 g/mol. The van der Waals surface area contributed by atoms with Crippen molar-refractivity contribution < 1.29 is 4.79 Å². The summed E-state index contributed by atoms with van der Waals surface area (Å²) in [5, 5.41) is 4.43. The van der Waals surface area contributed by atoms with Crippen molar-refractivity contribution in [1.82, 2.24) is 9.55 Å². The SMILES string of the molecule is [CH2]c1c(C(=O)c2cccc3ccccc23)nc(CCCC)n1Cc1ccc2ccccc2c1. The van der Waals surface area contributed by atoms with E-state index in [2.05, 4.69) is 60.9 Å². The maximum atomic E-state index is 13.6. The Bertz CT molecular complexity index is 1460. The van der Waals surface area contributed by atoms with Crippen LogP contribution in [0.5, 0.6) is 0 Å². The van der Waals surface area contributed by atoms with Gasteiger partial charge >= 0.3 is 0 Å². The van der Waals surface area contributed by atoms with Crippen LogP contribution in [0.15, 0.2) is 84.9 Å². The summed E-state index contributed by atoms with van der Waals surface area (Å²) >= 11 is 0. The number of fused-ring (bicyclic) bond motifs is 2. The highest BCUT2D eigenvalue weighted by Crippen LogP contribution is 2.25. The van der Waals surface area contributed by atoms with Gasteiger partial charge in [0.2, 0.25) is 5.78 Å². The third-order valence-electron chi connectivity index (χ3n) is 6.31. The highest BCUT2D eigenvalue weighted by molar-refractivity contribution is 6.16. The first kappa shape index (κ1) is 21.1. The van der Waals surface area contributed by atoms with Gasteiger partial charge in [-0.2, -0.15) is 0 Å². The Morgan fingerprint density at radius 1 is 0.879 bits per heavy atom. The van der Waals surface area contributed by atoms with Crippen molar-refractivity contribution in [2.45, 2.75) is 32.7 Å². The first-order valence-electron chi connectivity index (χ1n) is 11.6. The Balaban J connectivity index is 1.56. The molecule has 33 heavy (non-hydrogen) atoms. The van der Waals surface area contributed by atoms with Gasteiger partial charge in [0, 0.05) is 24.2 Å². The van der Waals surface area contributed by atoms with Crippen molar-refractivity contribution in [2.24, 2.45) is 0 Å². The number of ketones is 1. The summed E-state index contributed by atoms with van der Waals surface area (Å²) in [6, 6.07) is 28.7. The Morgan fingerprint density at radius 3 is 2.42 bits per heavy atom. The maximum Gasteiger partial charge on any atom is 0.213 e. The van der Waals surface area contributed by atoms with E-state index in [-0.39, 0.29) is 5.78 Å². The van der Waals surface area contributed by atoms with E-state index in [0.29, 0.717) is 23.5 Å². The molecule has 0 atom stereocenters. The molecule has 0 amide bonds. The number of imidazole rings is 1. The summed E-state index contributed by atoms with van der Waals surface area (Å²) < 4.78 is 2.12. The van der Waals surface area contributed by atoms with Crippen LogP contribution in [0.2, 0.25) is 0 Å². The van der Waals surface area contributed by atoms with E-state index in [9.17, 15) is 4.79 Å². The lowest BCUT2D eigenvalue weighted by Gasteiger charge is -2.11. The second-order valence-electron chi connectivity index (χ2n) is 8.55. The van der Waals surface area contributed by atoms with E-state index < -0.39 is 0 Å². The van der Waals surface area contributed by atoms with Crippen LogP contribution in [-0.2, 0) is 13.0 Å². The van der Waals surface area contributed by atoms with Crippen LogP contribution in [0.3, 0.4) is 0 Å². The molecule has 1 radical (unpaired) electrons. The number of rotatable bonds is 7. The van der Waals surface area contributed by atoms with Crippen molar-refractivity contribution >= 4 is 27.3 Å². The molecule has 3 nitrogen and oxygen atoms in total. The normalized spacial score (nSPS) is 11.3. The lowest BCUT2D eigenvalue weighted by Crippen LogP contribution is -2.08. The van der Waals surface area contributed by atoms with Crippen molar-refractivity contribution in [2.75, 3.05) is 0 Å². The molecule has 0 unspecified atom stereocenters. The van der Waals surface area contributed by atoms with Crippen LogP contribution in [0.25, 0.3) is 21.5 Å². The van der Waals surface area contributed by atoms with Gasteiger partial charge in [-0.05, 0) is 46.5 Å². The van der Waals surface area contributed by atoms with Crippen LogP contribution in [-0.4, -0.2) is 15.3 Å². The van der Waals surface area contributed by atoms with E-state index in [4.69, 9.17) is 4.98 Å². The van der Waals surface area contributed by atoms with Gasteiger partial charge in [-0.3, -0.25) is 4.79 Å². The number of hydrogen-bond acceptors (Lipinski definition) is 2. The molecule has 5 rings (SSSR count). The lowest BCUT2D eigenvalue weighted by molar-refractivity contribution is 0.103. The summed E-state index contributed by atoms with van der Waals surface area (Å²) in [5.74, 6) is 0.866. The fourth-order valence-electron chi connectivity index (χ4n) is 4.50. The molecule has 0 bridgehead atoms. The molecule has 1 heterocycles. The molecule has 5 aromatic rings. The largest absolute Gasteiger partial charge is 0.327 e. The predicted molar refractivity (Wildman–Crippen MR) is 136 cm³/mol. The zero-order valence-electron chi connectivity index (χ0n) is 18.9. The van der Waals surface area contributed by atoms with Crippen molar-refractivity contribution in [1.29, 1.82) is 0 Å². The number of aryl methyl sites for hydroxylation is 1. The number of carbonyl (C=O) groups is 1. The standard InChI is InChI=1S/C30H27N2O/c1-3-4-16-28-31-29(30(33)27-15-9-13-24-11-7-8-14-26(24)27)21(2)32(28)20-22-17-18-23-10-5-6-12-25(23)19-22/h5-15,17-19H,2-4,16,20H2,1H3. The zero-order chi connectivity index (χ0) is 22.8. The van der Waals surface area contributed by atoms with Crippen molar-refractivity contribution in [3.05, 3.63) is 120 Å². The molecule has 0 saturated carbocycles. The quantitative estimate of drug-likeness (QED) is 0.260. The van der Waals surface area contributed by atoms with Crippen LogP contribution in [0, 0.1) is 6.92 Å². The highest BCUT2D eigenvalue weighted by Gasteiger charge is 2.22. The molecule has 3 heteroatoms. The van der Waals surface area contributed by atoms with Gasteiger partial charge in [-0.25, -0.2) is 4.98 Å². The third kappa shape index (κ3) is 4.07. The van der Waals surface area contributed by atoms with Crippen LogP contribution in [0.4, 0.5) is 0 Å². The Hall–Kier alpha value is -3.72. The minimum atomic E-state index is -0.0631. The van der Waals surface area contributed by atoms with E-state index in [1.165, 1.54) is 16.3 Å². The number of aromatic nitrogens is 2. The predicted octanol–water partition coefficient (Wildman–Crippen LogP) is 6.99. The van der Waals surface area contributed by atoms with Gasteiger partial charge in [0.1, 0.15) is 11.5 Å². The van der Waals surface area contributed by atoms with Crippen LogP contribution in [0.1, 0.15) is 52.9 Å². The van der Waals surface area contributed by atoms with Crippen LogP contribution < -0.4 is 0 Å². The molecule has 0 aliphatic carbocycles. The molecule has 0 spiro atoms. The Kier molecular flexibility index (Phi) is 5.78. The average Bonchev–Trinajstić information content (AvgIpc) is 3.16. The fraction of sp³-hybridized carbons (Fsp3) is 0.167. The molecule has 4 aromatic carbocycles. The molecule has 0 aliphatic heterocycles. The second kappa shape index (κ2) is 9.03. The highest BCUT2D eigenvalue weighted by atomic mass is 16.1. The molecule has 1 aromatic heterocycles. The summed E-state index contributed by atoms with van der Waals surface area (Å²) in [5.41, 5.74) is 3.00. The zero-order valence-corrected chi connectivity index (χ0v) is 18.9. The molecule has 0 N–H and O–H groups in total. The Labute approximate surface area is 194 Å². The third-order valence-corrected chi connectivity index (χ3v) is 6.31. The molecule has 0 aliphatic rings. The second-order valence-corrected chi connectivity index (χ2v) is 8.55. The smallest absolute Gasteiger partial charge is 0.213 e. The maximum absolute atomic E-state index is 13.6. The minimum Gasteiger partial charge on any atom is -0.327 e. The number of benzene rings is 4. The van der Waals surface area contributed by atoms with Gasteiger partial charge in [0.15, 0.2) is 0 Å². The van der Waals surface area contributed by atoms with Gasteiger partial charge in [-0.15, -0.1) is 0 Å². The minimum absolute atomic E-state index is 0.0631. The van der Waals surface area contributed by atoms with Crippen molar-refractivity contribution in [3.63, 3.8) is 0 Å². The molecular weight excluding hydrogens is 404 g/mol. The molecule has 0 fully saturated rings. The van der Waals surface area contributed by atoms with Gasteiger partial charge < -0.3 is 4.57 Å². The Morgan fingerprint density at radius 2 is 1.61 bits per heavy atom. The van der Waals surface area contributed by atoms with E-state index in [0.717, 1.165) is 35.9 Å². The summed E-state index contributed by atoms with van der Waals surface area (Å²) in [6.45, 7) is 7.14. The topological polar surface area (TPSA) is 34.9 Å². The number of nitrogens with zero attached hydrogens (tertiary/aromatic N) is 2. The van der Waals surface area contributed by atoms with Gasteiger partial charge in [-0.1, -0.05) is 92.2 Å². The molecule has 163 valence electrons. The summed E-state index contributed by atoms with van der Waals surface area (Å²) in [6.07, 6.45) is 2.92. The molecular formula is C30H27N2O. The first-order valence-corrected chi connectivity index (χ1v) is 11.6. The van der Waals surface area contributed by atoms with Crippen LogP contribution >= 0.6 is 0 Å². The first-order chi connectivity index (χ1) is 16.2. The fourth-order valence-corrected chi connectivity index (χ4v) is 4.50. The molecule has 0 saturated heterocycles. The van der Waals surface area contributed by atoms with E-state index in [1.54, 1.807) is 0 Å². The van der Waals surface area contributed by atoms with Gasteiger partial charge in [0.05, 0.1) is 0 Å². The summed E-state index contributed by atoms with van der Waals surface area (Å²) in [4.78, 5) is 18.5. The average molecular weight is 432 g/mol. The number of carbonyl (C=O) groups excluding carboxylic acids is 1. The van der Waals surface area contributed by atoms with Gasteiger partial charge in [0.25, 0.3) is 0 Å². The number of hydrogen-bond donors (Lipinski definition) is 0. The van der Waals surface area contributed by atoms with Crippen molar-refractivity contribution in [3.8, 4) is 0 Å². The number of unbranched alkanes of at least 4 members (excludes halogenated alkanes) is 1. The van der Waals surface area contributed by atoms with E-state index in [1.807, 2.05) is 42.5 Å². The lowest BCUT2D eigenvalue weighted by atomic mass is 9.99.